The Bertz CT molecular complexity index is 1990. The van der Waals surface area contributed by atoms with Gasteiger partial charge in [0.2, 0.25) is 0 Å². The first-order valence-corrected chi connectivity index (χ1v) is 32.9. The molecular weight excluding hydrogens is 1020 g/mol. The molecule has 0 aromatic carbocycles. The Morgan fingerprint density at radius 2 is 0.470 bits per heavy atom. The highest BCUT2D eigenvalue weighted by molar-refractivity contribution is 5.71. The topological polar surface area (TPSA) is 78.9 Å². The monoisotopic (exact) mass is 1140 g/mol. The van der Waals surface area contributed by atoms with Gasteiger partial charge in [0, 0.05) is 19.3 Å². The largest absolute Gasteiger partial charge is 0.462 e. The van der Waals surface area contributed by atoms with Crippen LogP contribution in [0.25, 0.3) is 0 Å². The molecule has 0 fully saturated rings. The number of allylic oxidation sites excluding steroid dienone is 32. The third kappa shape index (κ3) is 66.9. The van der Waals surface area contributed by atoms with E-state index in [-0.39, 0.29) is 44.0 Å². The standard InChI is InChI=1S/C77H118O6/c1-4-7-10-13-16-19-22-25-27-29-31-32-33-34-35-36-37-38-39-40-41-42-43-44-46-47-49-52-55-58-61-64-67-70-76(79)82-73-74(72-81-75(78)69-66-63-60-57-54-51-24-21-18-15-12-9-6-3)83-77(80)71-68-65-62-59-56-53-50-48-45-30-28-26-23-20-17-14-11-8-5-2/h7,9-10,12,16-21,25-28,31-32,34-35,37-38,40-41,43-45,47-49,51,54-55,58,74H,4-6,8,11,13-15,22-24,29-30,33,36,39,42,46,50,52-53,56-57,59-73H2,1-3H3/b10-7-,12-9-,19-16-,20-17-,21-18-,27-25-,28-26-,32-31-,35-34-,38-37-,41-40-,44-43-,48-45-,49-47-,54-51-,58-55-. The Labute approximate surface area is 509 Å². The number of unbranched alkanes of at least 4 members (excludes halogenated alkanes) is 14. The molecule has 0 N–H and O–H groups in total. The highest BCUT2D eigenvalue weighted by atomic mass is 16.6. The van der Waals surface area contributed by atoms with Crippen LogP contribution in [0.4, 0.5) is 0 Å². The number of hydrogen-bond acceptors (Lipinski definition) is 6. The van der Waals surface area contributed by atoms with Gasteiger partial charge in [0.1, 0.15) is 13.2 Å². The summed E-state index contributed by atoms with van der Waals surface area (Å²) in [5.41, 5.74) is 0. The van der Waals surface area contributed by atoms with Crippen molar-refractivity contribution >= 4 is 17.9 Å². The van der Waals surface area contributed by atoms with Gasteiger partial charge >= 0.3 is 17.9 Å². The van der Waals surface area contributed by atoms with Crippen LogP contribution in [0.15, 0.2) is 194 Å². The minimum absolute atomic E-state index is 0.122. The number of carbonyl (C=O) groups excluding carboxylic acids is 3. The molecule has 0 saturated heterocycles. The van der Waals surface area contributed by atoms with Crippen molar-refractivity contribution in [3.05, 3.63) is 194 Å². The van der Waals surface area contributed by atoms with Crippen LogP contribution in [-0.2, 0) is 28.6 Å². The molecule has 6 nitrogen and oxygen atoms in total. The predicted molar refractivity (Wildman–Crippen MR) is 361 cm³/mol. The van der Waals surface area contributed by atoms with Gasteiger partial charge in [-0.2, -0.15) is 0 Å². The highest BCUT2D eigenvalue weighted by Crippen LogP contribution is 2.13. The van der Waals surface area contributed by atoms with E-state index in [9.17, 15) is 14.4 Å². The first-order chi connectivity index (χ1) is 41.0. The van der Waals surface area contributed by atoms with Crippen molar-refractivity contribution in [2.75, 3.05) is 13.2 Å². The van der Waals surface area contributed by atoms with E-state index in [4.69, 9.17) is 14.2 Å². The maximum atomic E-state index is 12.9. The zero-order chi connectivity index (χ0) is 59.9. The first-order valence-electron chi connectivity index (χ1n) is 32.9. The van der Waals surface area contributed by atoms with Crippen molar-refractivity contribution < 1.29 is 28.6 Å². The molecule has 0 aromatic rings. The molecule has 83 heavy (non-hydrogen) atoms. The zero-order valence-corrected chi connectivity index (χ0v) is 52.9. The maximum Gasteiger partial charge on any atom is 0.306 e. The lowest BCUT2D eigenvalue weighted by Crippen LogP contribution is -2.30. The van der Waals surface area contributed by atoms with Gasteiger partial charge in [-0.25, -0.2) is 0 Å². The van der Waals surface area contributed by atoms with E-state index in [2.05, 4.69) is 215 Å². The molecule has 0 rings (SSSR count). The summed E-state index contributed by atoms with van der Waals surface area (Å²) in [6, 6.07) is 0. The Balaban J connectivity index is 4.46. The van der Waals surface area contributed by atoms with E-state index in [0.717, 1.165) is 167 Å². The highest BCUT2D eigenvalue weighted by Gasteiger charge is 2.19. The molecule has 0 spiro atoms. The van der Waals surface area contributed by atoms with Crippen molar-refractivity contribution in [2.45, 2.75) is 258 Å². The second-order valence-electron chi connectivity index (χ2n) is 20.9. The number of hydrogen-bond donors (Lipinski definition) is 0. The number of carbonyl (C=O) groups is 3. The maximum absolute atomic E-state index is 12.9. The van der Waals surface area contributed by atoms with Gasteiger partial charge in [-0.15, -0.1) is 0 Å². The molecule has 462 valence electrons. The average molecular weight is 1140 g/mol. The number of esters is 3. The Morgan fingerprint density at radius 3 is 0.771 bits per heavy atom. The van der Waals surface area contributed by atoms with Crippen LogP contribution in [0.5, 0.6) is 0 Å². The fourth-order valence-corrected chi connectivity index (χ4v) is 8.20. The molecule has 0 aliphatic heterocycles. The van der Waals surface area contributed by atoms with Gasteiger partial charge < -0.3 is 14.2 Å². The molecule has 0 aliphatic carbocycles. The van der Waals surface area contributed by atoms with Crippen molar-refractivity contribution in [1.82, 2.24) is 0 Å². The summed E-state index contributed by atoms with van der Waals surface area (Å²) in [5, 5.41) is 0. The molecule has 0 aliphatic rings. The summed E-state index contributed by atoms with van der Waals surface area (Å²) < 4.78 is 16.8. The quantitative estimate of drug-likeness (QED) is 0.0261. The third-order valence-corrected chi connectivity index (χ3v) is 13.1. The van der Waals surface area contributed by atoms with Crippen molar-refractivity contribution in [3.63, 3.8) is 0 Å². The Kier molecular flexibility index (Phi) is 64.0. The summed E-state index contributed by atoms with van der Waals surface area (Å²) in [7, 11) is 0. The van der Waals surface area contributed by atoms with Crippen molar-refractivity contribution in [2.24, 2.45) is 0 Å². The lowest BCUT2D eigenvalue weighted by molar-refractivity contribution is -0.167. The molecule has 6 heteroatoms. The SMILES string of the molecule is CC/C=C\C/C=C\C/C=C\C/C=C\C/C=C\C/C=C\C/C=C\C/C=C\C/C=C\C/C=C\CCCCC(=O)OCC(COC(=O)CCCCC/C=C\C/C=C\C/C=C\CC)OC(=O)CCCCCCCC/C=C\C/C=C\C/C=C\CCCCC. The van der Waals surface area contributed by atoms with Gasteiger partial charge in [-0.1, -0.05) is 260 Å². The third-order valence-electron chi connectivity index (χ3n) is 13.1. The summed E-state index contributed by atoms with van der Waals surface area (Å²) in [6.45, 7) is 6.29. The van der Waals surface area contributed by atoms with Crippen LogP contribution < -0.4 is 0 Å². The lowest BCUT2D eigenvalue weighted by atomic mass is 10.1. The van der Waals surface area contributed by atoms with E-state index >= 15 is 0 Å². The number of rotatable bonds is 57. The van der Waals surface area contributed by atoms with Crippen LogP contribution in [0.2, 0.25) is 0 Å². The van der Waals surface area contributed by atoms with E-state index in [0.29, 0.717) is 12.8 Å². The fourth-order valence-electron chi connectivity index (χ4n) is 8.20. The van der Waals surface area contributed by atoms with E-state index < -0.39 is 6.10 Å². The molecular formula is C77H118O6. The van der Waals surface area contributed by atoms with Crippen LogP contribution >= 0.6 is 0 Å². The minimum atomic E-state index is -0.828. The van der Waals surface area contributed by atoms with Crippen LogP contribution in [0.1, 0.15) is 252 Å². The lowest BCUT2D eigenvalue weighted by Gasteiger charge is -2.18. The predicted octanol–water partition coefficient (Wildman–Crippen LogP) is 23.0. The van der Waals surface area contributed by atoms with Crippen LogP contribution in [-0.4, -0.2) is 37.2 Å². The Morgan fingerprint density at radius 1 is 0.253 bits per heavy atom. The second kappa shape index (κ2) is 68.7. The smallest absolute Gasteiger partial charge is 0.306 e. The fraction of sp³-hybridized carbons (Fsp3) is 0.545. The molecule has 0 saturated carbocycles. The van der Waals surface area contributed by atoms with Gasteiger partial charge in [0.25, 0.3) is 0 Å². The second-order valence-corrected chi connectivity index (χ2v) is 20.9. The van der Waals surface area contributed by atoms with Crippen molar-refractivity contribution in [3.8, 4) is 0 Å². The van der Waals surface area contributed by atoms with E-state index in [1.165, 1.54) is 38.5 Å². The summed E-state index contributed by atoms with van der Waals surface area (Å²) in [6.07, 6.45) is 104. The normalized spacial score (nSPS) is 13.4. The van der Waals surface area contributed by atoms with Gasteiger partial charge in [-0.05, 0) is 167 Å². The van der Waals surface area contributed by atoms with Crippen LogP contribution in [0.3, 0.4) is 0 Å². The van der Waals surface area contributed by atoms with Gasteiger partial charge in [0.15, 0.2) is 6.10 Å². The van der Waals surface area contributed by atoms with Crippen molar-refractivity contribution in [1.29, 1.82) is 0 Å². The summed E-state index contributed by atoms with van der Waals surface area (Å²) >= 11 is 0. The molecule has 1 atom stereocenters. The van der Waals surface area contributed by atoms with Crippen LogP contribution in [0, 0.1) is 0 Å². The zero-order valence-electron chi connectivity index (χ0n) is 52.9. The molecule has 0 amide bonds. The molecule has 1 unspecified atom stereocenters. The molecule has 0 radical (unpaired) electrons. The average Bonchev–Trinajstić information content (AvgIpc) is 3.49. The van der Waals surface area contributed by atoms with Gasteiger partial charge in [0.05, 0.1) is 0 Å². The Hall–Kier alpha value is -5.75. The van der Waals surface area contributed by atoms with E-state index in [1.54, 1.807) is 0 Å². The molecule has 0 bridgehead atoms. The van der Waals surface area contributed by atoms with Gasteiger partial charge in [-0.3, -0.25) is 14.4 Å². The number of ether oxygens (including phenoxy) is 3. The minimum Gasteiger partial charge on any atom is -0.462 e. The summed E-state index contributed by atoms with van der Waals surface area (Å²) in [5.74, 6) is -1.02. The first kappa shape index (κ1) is 77.2. The van der Waals surface area contributed by atoms with E-state index in [1.807, 2.05) is 0 Å². The molecule has 0 heterocycles. The summed E-state index contributed by atoms with van der Waals surface area (Å²) in [4.78, 5) is 38.3. The molecule has 0 aromatic heterocycles.